The van der Waals surface area contributed by atoms with Crippen LogP contribution in [0.25, 0.3) is 0 Å². The van der Waals surface area contributed by atoms with Crippen molar-refractivity contribution in [3.8, 4) is 0 Å². The van der Waals surface area contributed by atoms with Gasteiger partial charge in [0.05, 0.1) is 10.7 Å². The van der Waals surface area contributed by atoms with Gasteiger partial charge in [-0.25, -0.2) is 0 Å². The van der Waals surface area contributed by atoms with Crippen LogP contribution < -0.4 is 9.80 Å². The van der Waals surface area contributed by atoms with Gasteiger partial charge in [-0.15, -0.1) is 0 Å². The van der Waals surface area contributed by atoms with Crippen LogP contribution in [-0.4, -0.2) is 24.9 Å². The third-order valence-corrected chi connectivity index (χ3v) is 4.31. The fourth-order valence-electron chi connectivity index (χ4n) is 2.93. The molecule has 0 saturated heterocycles. The number of hydrogen-bond donors (Lipinski definition) is 0. The molecule has 5 heteroatoms. The average molecular weight is 359 g/mol. The molecule has 0 atom stereocenters. The van der Waals surface area contributed by atoms with Gasteiger partial charge in [0, 0.05) is 19.2 Å². The molecular formula is C20H23ClN2O2. The van der Waals surface area contributed by atoms with Gasteiger partial charge in [0.2, 0.25) is 11.8 Å². The van der Waals surface area contributed by atoms with E-state index in [1.54, 1.807) is 11.0 Å². The molecule has 0 aliphatic rings. The number of carbonyl (C=O) groups is 2. The van der Waals surface area contributed by atoms with E-state index in [4.69, 9.17) is 11.6 Å². The molecular weight excluding hydrogens is 336 g/mol. The van der Waals surface area contributed by atoms with Crippen molar-refractivity contribution in [2.24, 2.45) is 0 Å². The van der Waals surface area contributed by atoms with Crippen molar-refractivity contribution in [2.75, 3.05) is 22.9 Å². The molecule has 0 N–H and O–H groups in total. The molecule has 0 radical (unpaired) electrons. The highest BCUT2D eigenvalue weighted by Gasteiger charge is 2.23. The number of nitrogens with zero attached hydrogens (tertiary/aromatic N) is 2. The number of para-hydroxylation sites is 1. The molecule has 0 aliphatic heterocycles. The number of anilines is 2. The number of amides is 2. The van der Waals surface area contributed by atoms with E-state index in [-0.39, 0.29) is 18.4 Å². The van der Waals surface area contributed by atoms with Crippen LogP contribution in [0.2, 0.25) is 5.02 Å². The van der Waals surface area contributed by atoms with Crippen molar-refractivity contribution in [2.45, 2.75) is 27.7 Å². The van der Waals surface area contributed by atoms with Crippen LogP contribution in [0.4, 0.5) is 11.4 Å². The van der Waals surface area contributed by atoms with E-state index in [1.807, 2.05) is 57.2 Å². The van der Waals surface area contributed by atoms with E-state index in [9.17, 15) is 9.59 Å². The smallest absolute Gasteiger partial charge is 0.247 e. The first-order valence-electron chi connectivity index (χ1n) is 8.25. The van der Waals surface area contributed by atoms with E-state index in [0.29, 0.717) is 17.3 Å². The molecule has 2 aromatic carbocycles. The Labute approximate surface area is 154 Å². The van der Waals surface area contributed by atoms with Crippen LogP contribution >= 0.6 is 11.6 Å². The molecule has 0 aromatic heterocycles. The van der Waals surface area contributed by atoms with Gasteiger partial charge in [-0.05, 0) is 50.1 Å². The Morgan fingerprint density at radius 1 is 1.04 bits per heavy atom. The second kappa shape index (κ2) is 8.17. The molecule has 0 fully saturated rings. The standard InChI is InChI=1S/C20H23ClN2O2/c1-5-22(17-9-7-6-8-10-17)19(25)13-23(16(4)24)20-15(3)11-14(2)12-18(20)21/h6-12H,5,13H2,1-4H3. The lowest BCUT2D eigenvalue weighted by Gasteiger charge is -2.28. The summed E-state index contributed by atoms with van der Waals surface area (Å²) in [4.78, 5) is 28.2. The molecule has 0 unspecified atom stereocenters. The lowest BCUT2D eigenvalue weighted by molar-refractivity contribution is -0.121. The van der Waals surface area contributed by atoms with Gasteiger partial charge < -0.3 is 9.80 Å². The maximum atomic E-state index is 12.8. The van der Waals surface area contributed by atoms with Gasteiger partial charge in [0.25, 0.3) is 0 Å². The average Bonchev–Trinajstić information content (AvgIpc) is 2.54. The summed E-state index contributed by atoms with van der Waals surface area (Å²) in [5.41, 5.74) is 3.29. The molecule has 0 heterocycles. The van der Waals surface area contributed by atoms with E-state index in [0.717, 1.165) is 16.8 Å². The Hall–Kier alpha value is -2.33. The van der Waals surface area contributed by atoms with Gasteiger partial charge in [-0.1, -0.05) is 35.9 Å². The summed E-state index contributed by atoms with van der Waals surface area (Å²) in [5, 5.41) is 0.475. The molecule has 2 rings (SSSR count). The fourth-order valence-corrected chi connectivity index (χ4v) is 3.35. The minimum atomic E-state index is -0.216. The zero-order valence-corrected chi connectivity index (χ0v) is 15.8. The lowest BCUT2D eigenvalue weighted by atomic mass is 10.1. The maximum Gasteiger partial charge on any atom is 0.247 e. The van der Waals surface area contributed by atoms with Crippen LogP contribution in [0.3, 0.4) is 0 Å². The number of likely N-dealkylation sites (N-methyl/N-ethyl adjacent to an activating group) is 1. The Bertz CT molecular complexity index is 752. The number of benzene rings is 2. The van der Waals surface area contributed by atoms with Crippen molar-refractivity contribution in [1.82, 2.24) is 0 Å². The number of hydrogen-bond acceptors (Lipinski definition) is 2. The van der Waals surface area contributed by atoms with Gasteiger partial charge >= 0.3 is 0 Å². The van der Waals surface area contributed by atoms with E-state index < -0.39 is 0 Å². The Balaban J connectivity index is 2.34. The summed E-state index contributed by atoms with van der Waals surface area (Å²) in [6, 6.07) is 13.2. The van der Waals surface area contributed by atoms with Crippen molar-refractivity contribution in [1.29, 1.82) is 0 Å². The van der Waals surface area contributed by atoms with Crippen LogP contribution in [0.15, 0.2) is 42.5 Å². The van der Waals surface area contributed by atoms with Crippen molar-refractivity contribution >= 4 is 34.8 Å². The van der Waals surface area contributed by atoms with Crippen molar-refractivity contribution < 1.29 is 9.59 Å². The van der Waals surface area contributed by atoms with Gasteiger partial charge in [-0.3, -0.25) is 9.59 Å². The summed E-state index contributed by atoms with van der Waals surface area (Å²) in [7, 11) is 0. The molecule has 0 saturated carbocycles. The third-order valence-electron chi connectivity index (χ3n) is 4.03. The minimum Gasteiger partial charge on any atom is -0.311 e. The quantitative estimate of drug-likeness (QED) is 0.796. The van der Waals surface area contributed by atoms with Gasteiger partial charge in [-0.2, -0.15) is 0 Å². The fraction of sp³-hybridized carbons (Fsp3) is 0.300. The largest absolute Gasteiger partial charge is 0.311 e. The normalized spacial score (nSPS) is 10.4. The van der Waals surface area contributed by atoms with Crippen LogP contribution in [0, 0.1) is 13.8 Å². The molecule has 0 aliphatic carbocycles. The van der Waals surface area contributed by atoms with Gasteiger partial charge in [0.15, 0.2) is 0 Å². The van der Waals surface area contributed by atoms with Crippen LogP contribution in [0.5, 0.6) is 0 Å². The third kappa shape index (κ3) is 4.40. The summed E-state index contributed by atoms with van der Waals surface area (Å²) >= 11 is 6.37. The maximum absolute atomic E-state index is 12.8. The number of halogens is 1. The van der Waals surface area contributed by atoms with Gasteiger partial charge in [0.1, 0.15) is 6.54 Å². The zero-order valence-electron chi connectivity index (χ0n) is 15.0. The summed E-state index contributed by atoms with van der Waals surface area (Å²) in [5.74, 6) is -0.369. The summed E-state index contributed by atoms with van der Waals surface area (Å²) in [6.45, 7) is 7.66. The number of aryl methyl sites for hydroxylation is 2. The number of rotatable bonds is 5. The molecule has 0 spiro atoms. The van der Waals surface area contributed by atoms with Crippen LogP contribution in [0.1, 0.15) is 25.0 Å². The molecule has 2 aromatic rings. The number of carbonyl (C=O) groups excluding carboxylic acids is 2. The Morgan fingerprint density at radius 2 is 1.68 bits per heavy atom. The minimum absolute atomic E-state index is 0.0539. The summed E-state index contributed by atoms with van der Waals surface area (Å²) < 4.78 is 0. The molecule has 25 heavy (non-hydrogen) atoms. The lowest BCUT2D eigenvalue weighted by Crippen LogP contribution is -2.42. The topological polar surface area (TPSA) is 40.6 Å². The Kier molecular flexibility index (Phi) is 6.21. The first-order valence-corrected chi connectivity index (χ1v) is 8.63. The highest BCUT2D eigenvalue weighted by molar-refractivity contribution is 6.34. The van der Waals surface area contributed by atoms with E-state index >= 15 is 0 Å². The molecule has 2 amide bonds. The van der Waals surface area contributed by atoms with Crippen molar-refractivity contribution in [3.05, 3.63) is 58.6 Å². The molecule has 0 bridgehead atoms. The first-order chi connectivity index (χ1) is 11.8. The first kappa shape index (κ1) is 19.0. The molecule has 132 valence electrons. The second-order valence-corrected chi connectivity index (χ2v) is 6.40. The SMILES string of the molecule is CCN(C(=O)CN(C(C)=O)c1c(C)cc(C)cc1Cl)c1ccccc1. The highest BCUT2D eigenvalue weighted by Crippen LogP contribution is 2.31. The van der Waals surface area contributed by atoms with E-state index in [1.165, 1.54) is 11.8 Å². The zero-order chi connectivity index (χ0) is 18.6. The van der Waals surface area contributed by atoms with Crippen molar-refractivity contribution in [3.63, 3.8) is 0 Å². The van der Waals surface area contributed by atoms with E-state index in [2.05, 4.69) is 0 Å². The monoisotopic (exact) mass is 358 g/mol. The Morgan fingerprint density at radius 3 is 2.20 bits per heavy atom. The predicted molar refractivity (Wildman–Crippen MR) is 103 cm³/mol. The predicted octanol–water partition coefficient (Wildman–Crippen LogP) is 4.36. The second-order valence-electron chi connectivity index (χ2n) is 5.99. The summed E-state index contributed by atoms with van der Waals surface area (Å²) in [6.07, 6.45) is 0. The highest BCUT2D eigenvalue weighted by atomic mass is 35.5. The van der Waals surface area contributed by atoms with Crippen LogP contribution in [-0.2, 0) is 9.59 Å². The molecule has 4 nitrogen and oxygen atoms in total.